The van der Waals surface area contributed by atoms with E-state index in [-0.39, 0.29) is 171 Å². The topological polar surface area (TPSA) is 660 Å². The number of morpholine rings is 6. The van der Waals surface area contributed by atoms with Crippen molar-refractivity contribution < 1.29 is 83.0 Å². The molecular weight excluding hydrogens is 1950 g/mol. The second-order valence-electron chi connectivity index (χ2n) is 35.5. The van der Waals surface area contributed by atoms with E-state index >= 15 is 22.8 Å². The third kappa shape index (κ3) is 21.0. The highest BCUT2D eigenvalue weighted by atomic mass is 31.2. The molecule has 760 valence electrons. The molecule has 16 rings (SSSR count). The van der Waals surface area contributed by atoms with Gasteiger partial charge in [0.2, 0.25) is 5.95 Å². The summed E-state index contributed by atoms with van der Waals surface area (Å²) in [6.07, 6.45) is -1.12. The fourth-order valence-corrected chi connectivity index (χ4v) is 27.6. The van der Waals surface area contributed by atoms with E-state index in [1.807, 2.05) is 11.9 Å². The number of imidazole rings is 4. The lowest BCUT2D eigenvalue weighted by atomic mass is 10.2. The predicted molar refractivity (Wildman–Crippen MR) is 502 cm³/mol. The first-order chi connectivity index (χ1) is 65.7. The van der Waals surface area contributed by atoms with Crippen molar-refractivity contribution >= 4 is 114 Å². The van der Waals surface area contributed by atoms with E-state index in [2.05, 4.69) is 69.8 Å². The lowest BCUT2D eigenvalue weighted by Gasteiger charge is -2.46. The van der Waals surface area contributed by atoms with Crippen LogP contribution >= 0.6 is 45.9 Å². The summed E-state index contributed by atoms with van der Waals surface area (Å²) >= 11 is 0. The number of rotatable bonds is 35. The van der Waals surface area contributed by atoms with Crippen molar-refractivity contribution in [1.82, 2.24) is 153 Å². The molecule has 65 heteroatoms. The first-order valence-electron chi connectivity index (χ1n) is 43.8. The van der Waals surface area contributed by atoms with Gasteiger partial charge in [-0.25, -0.2) is 111 Å². The second-order valence-corrected chi connectivity index (χ2v) is 51.1. The molecule has 0 amide bonds. The summed E-state index contributed by atoms with van der Waals surface area (Å²) in [4.78, 5) is 123. The largest absolute Gasteiger partial charge is 0.382 e. The normalized spacial score (nSPS) is 26.2. The first kappa shape index (κ1) is 103. The third-order valence-electron chi connectivity index (χ3n) is 24.4. The number of hydrogen-bond donors (Lipinski definition) is 7. The molecule has 59 nitrogen and oxygen atoms in total. The molecular formula is C74H116N36O23P6. The number of anilines is 4. The number of aryl methyl sites for hydroxylation is 2. The highest BCUT2D eigenvalue weighted by Crippen LogP contribution is 2.62. The molecule has 139 heavy (non-hydrogen) atoms. The number of fused-ring (bicyclic) bond motifs is 4. The lowest BCUT2D eigenvalue weighted by Crippen LogP contribution is -2.51. The van der Waals surface area contributed by atoms with Crippen LogP contribution in [-0.2, 0) is 83.0 Å². The molecule has 16 heterocycles. The maximum Gasteiger partial charge on any atom is 0.345 e. The van der Waals surface area contributed by atoms with Crippen LogP contribution in [0.15, 0.2) is 80.7 Å². The summed E-state index contributed by atoms with van der Waals surface area (Å²) in [6.45, 7) is 0.205. The molecule has 18 unspecified atom stereocenters. The number of ether oxygens (including phenoxy) is 6. The Hall–Kier alpha value is -9.02. The fraction of sp³-hybridized carbons (Fsp3) is 0.622. The summed E-state index contributed by atoms with van der Waals surface area (Å²) in [7, 11) is -4.89. The maximum atomic E-state index is 16.7. The molecule has 10 aromatic heterocycles. The minimum absolute atomic E-state index is 0.0308. The van der Waals surface area contributed by atoms with Gasteiger partial charge in [-0.05, 0) is 105 Å². The zero-order valence-corrected chi connectivity index (χ0v) is 84.6. The van der Waals surface area contributed by atoms with Gasteiger partial charge in [0.1, 0.15) is 60.4 Å². The molecule has 11 N–H and O–H groups in total. The van der Waals surface area contributed by atoms with Crippen molar-refractivity contribution in [3.8, 4) is 0 Å². The van der Waals surface area contributed by atoms with E-state index in [1.54, 1.807) is 86.3 Å². The molecule has 0 aliphatic carbocycles. The predicted octanol–water partition coefficient (Wildman–Crippen LogP) is 0.344. The Bertz CT molecular complexity index is 6810. The minimum Gasteiger partial charge on any atom is -0.382 e. The first-order valence-corrected chi connectivity index (χ1v) is 53.5. The van der Waals surface area contributed by atoms with Crippen molar-refractivity contribution in [2.24, 2.45) is 0 Å². The van der Waals surface area contributed by atoms with Crippen LogP contribution in [0.25, 0.3) is 44.7 Å². The molecule has 0 aromatic carbocycles. The quantitative estimate of drug-likeness (QED) is 0.0263. The van der Waals surface area contributed by atoms with Gasteiger partial charge in [0.15, 0.2) is 58.0 Å². The standard InChI is InChI=1S/C74H116N36O23P6/c1-44-17-105(73(114)91-69(44)111)52-25-99(15)19-46(128-52)32-123-136(118,95(7)8)102-22-49(131-54(27-102)107-40-85-58-62(75)79-37-82-65(58)107)34-125-135(117,94(5)6)100-21-48(129-53(26-100)106-18-45(2)70(112)92-74(106)115)33-124-138(120,97(11)12)103-23-51(133-55(28-103)108-41-86-59-63(76)80-38-83-66(59)108)36-127-139(121,98(13)14)104-24-50(132-56(29-104)109-42-87-60-64(77)81-39-84-67(60)109)35-126-137(119,96(9)10)101-20-47(31-122-134(16,116)93(3)4)130-57(30-101)110-43-88-61-68(110)89-72(78)90-71(61)113/h17-18,37-43,46-57H,19-36H2,1-16H3,(H2,75,79,82)(H2,76,80,83)(H2,77,81,84)(H,91,111,114)(H,92,112,115)(H3,78,89,90,113). The number of aromatic amines is 3. The molecule has 6 fully saturated rings. The number of hydrogen-bond acceptors (Lipinski definition) is 39. The van der Waals surface area contributed by atoms with Crippen LogP contribution in [0.4, 0.5) is 23.4 Å². The molecule has 0 saturated carbocycles. The van der Waals surface area contributed by atoms with Crippen LogP contribution < -0.4 is 51.0 Å². The van der Waals surface area contributed by atoms with Gasteiger partial charge in [-0.3, -0.25) is 89.0 Å². The molecule has 10 aromatic rings. The van der Waals surface area contributed by atoms with Gasteiger partial charge in [0.25, 0.3) is 24.2 Å². The van der Waals surface area contributed by atoms with Crippen molar-refractivity contribution in [3.63, 3.8) is 0 Å². The van der Waals surface area contributed by atoms with E-state index in [9.17, 15) is 28.5 Å². The smallest absolute Gasteiger partial charge is 0.345 e. The van der Waals surface area contributed by atoms with E-state index in [4.69, 9.17) is 78.5 Å². The number of nitrogen functional groups attached to an aromatic ring is 4. The zero-order valence-electron chi connectivity index (χ0n) is 79.2. The average molecular weight is 2060 g/mol. The van der Waals surface area contributed by atoms with E-state index < -0.39 is 174 Å². The van der Waals surface area contributed by atoms with Crippen LogP contribution in [0.2, 0.25) is 0 Å². The van der Waals surface area contributed by atoms with Crippen LogP contribution in [0.5, 0.6) is 0 Å². The van der Waals surface area contributed by atoms with Crippen LogP contribution in [0.3, 0.4) is 0 Å². The van der Waals surface area contributed by atoms with Crippen LogP contribution in [0.1, 0.15) is 48.5 Å². The Morgan fingerprint density at radius 3 is 0.899 bits per heavy atom. The average Bonchev–Trinajstić information content (AvgIpc) is 1.52. The van der Waals surface area contributed by atoms with Crippen LogP contribution in [0, 0.1) is 13.8 Å². The Kier molecular flexibility index (Phi) is 30.3. The Labute approximate surface area is 793 Å². The number of nitrogens with one attached hydrogen (secondary N) is 3. The molecule has 0 bridgehead atoms. The highest BCUT2D eigenvalue weighted by Gasteiger charge is 2.53. The van der Waals surface area contributed by atoms with Gasteiger partial charge < -0.3 is 78.5 Å². The van der Waals surface area contributed by atoms with Gasteiger partial charge in [0, 0.05) is 76.0 Å². The van der Waals surface area contributed by atoms with Crippen molar-refractivity contribution in [2.75, 3.05) is 239 Å². The Morgan fingerprint density at radius 2 is 0.604 bits per heavy atom. The number of likely N-dealkylation sites (N-methyl/N-ethyl adjacent to an activating group) is 1. The lowest BCUT2D eigenvalue weighted by molar-refractivity contribution is -0.134. The summed E-state index contributed by atoms with van der Waals surface area (Å²) in [6, 6.07) is 0. The maximum absolute atomic E-state index is 16.7. The Morgan fingerprint density at radius 1 is 0.338 bits per heavy atom. The Balaban J connectivity index is 0.674. The molecule has 6 saturated heterocycles. The second kappa shape index (κ2) is 41.0. The summed E-state index contributed by atoms with van der Waals surface area (Å²) in [5.41, 5.74) is 23.4. The number of H-pyrrole nitrogens is 3. The minimum atomic E-state index is -4.50. The van der Waals surface area contributed by atoms with E-state index in [0.29, 0.717) is 0 Å². The van der Waals surface area contributed by atoms with Crippen molar-refractivity contribution in [1.29, 1.82) is 0 Å². The van der Waals surface area contributed by atoms with Gasteiger partial charge in [-0.15, -0.1) is 0 Å². The SMILES string of the molecule is Cc1cn(C2CN(C)CC(COP(=O)(N(C)C)N3CC(COP(=O)(N(C)C)N4CC(COP(=O)(N(C)C)N5CC(COP(=O)(N(C)C)N6CC(COP(=O)(N(C)C)N7CC(COP(C)(=O)N(C)C)OC(n8cnc9c(=O)[nH]c(N)nc98)C7)OC(n7cnc8c(N)ncnc87)C6)OC(n6cnc7c(N)ncnc76)C5)OC(n5cc(C)c(=O)[nH]c5=O)C4)OC(n4cnc5c(N)ncnc54)C3)O2)c(=O)[nH]c1=O. The fourth-order valence-electron chi connectivity index (χ4n) is 17.0. The van der Waals surface area contributed by atoms with Gasteiger partial charge >= 0.3 is 49.7 Å². The van der Waals surface area contributed by atoms with E-state index in [0.717, 1.165) is 4.57 Å². The molecule has 6 aliphatic heterocycles. The third-order valence-corrected chi connectivity index (χ3v) is 39.2. The van der Waals surface area contributed by atoms with Crippen molar-refractivity contribution in [2.45, 2.75) is 87.8 Å². The van der Waals surface area contributed by atoms with Gasteiger partial charge in [-0.2, -0.15) is 4.98 Å². The molecule has 0 spiro atoms. The number of aromatic nitrogens is 20. The molecule has 18 atom stereocenters. The number of nitrogens with zero attached hydrogens (tertiary/aromatic N) is 29. The summed E-state index contributed by atoms with van der Waals surface area (Å²) in [5.74, 6) is -0.0626. The van der Waals surface area contributed by atoms with Crippen LogP contribution in [-0.4, -0.2) is 407 Å². The molecule has 6 aliphatic rings. The van der Waals surface area contributed by atoms with Crippen molar-refractivity contribution in [3.05, 3.63) is 120 Å². The van der Waals surface area contributed by atoms with Gasteiger partial charge in [-0.1, -0.05) is 0 Å². The molecule has 0 radical (unpaired) electrons. The summed E-state index contributed by atoms with van der Waals surface area (Å²) in [5, 5.41) is 0. The van der Waals surface area contributed by atoms with Gasteiger partial charge in [0.05, 0.1) is 134 Å². The monoisotopic (exact) mass is 2060 g/mol. The highest BCUT2D eigenvalue weighted by molar-refractivity contribution is 7.56. The summed E-state index contributed by atoms with van der Waals surface area (Å²) < 4.78 is 200. The number of nitrogens with two attached hydrogens (primary N) is 4. The van der Waals surface area contributed by atoms with E-state index in [1.165, 1.54) is 150 Å². The zero-order chi connectivity index (χ0) is 99.8.